The van der Waals surface area contributed by atoms with Crippen LogP contribution in [-0.2, 0) is 65.4 Å². The Morgan fingerprint density at radius 3 is 0.683 bits per heavy atom. The van der Waals surface area contributed by atoms with Crippen LogP contribution in [0.15, 0.2) is 0 Å². The molecule has 6 atom stereocenters. The molecule has 104 heavy (non-hydrogen) atoms. The summed E-state index contributed by atoms with van der Waals surface area (Å²) in [4.78, 5) is 73.1. The molecule has 0 radical (unpaired) electrons. The number of aliphatic hydroxyl groups is 1. The monoisotopic (exact) mass is 1520 g/mol. The second kappa shape index (κ2) is 77.8. The van der Waals surface area contributed by atoms with Gasteiger partial charge in [0.05, 0.1) is 26.4 Å². The quantitative estimate of drug-likeness (QED) is 0.0222. The third-order valence-electron chi connectivity index (χ3n) is 20.4. The molecule has 0 bridgehead atoms. The van der Waals surface area contributed by atoms with Gasteiger partial charge < -0.3 is 33.8 Å². The summed E-state index contributed by atoms with van der Waals surface area (Å²) in [5.41, 5.74) is 0. The summed E-state index contributed by atoms with van der Waals surface area (Å²) in [7, 11) is -9.92. The summed E-state index contributed by atoms with van der Waals surface area (Å²) >= 11 is 0. The molecular weight excluding hydrogens is 1350 g/mol. The van der Waals surface area contributed by atoms with E-state index in [4.69, 9.17) is 37.0 Å². The molecule has 3 N–H and O–H groups in total. The molecule has 0 aliphatic heterocycles. The average Bonchev–Trinajstić information content (AvgIpc) is 0.907. The predicted molar refractivity (Wildman–Crippen MR) is 428 cm³/mol. The smallest absolute Gasteiger partial charge is 0.462 e. The van der Waals surface area contributed by atoms with E-state index in [2.05, 4.69) is 34.6 Å². The first kappa shape index (κ1) is 102. The summed E-state index contributed by atoms with van der Waals surface area (Å²) in [5, 5.41) is 10.7. The third-order valence-corrected chi connectivity index (χ3v) is 22.3. The average molecular weight is 1520 g/mol. The lowest BCUT2D eigenvalue weighted by molar-refractivity contribution is -0.161. The minimum absolute atomic E-state index is 0.108. The van der Waals surface area contributed by atoms with E-state index in [1.54, 1.807) is 0 Å². The number of phosphoric ester groups is 2. The highest BCUT2D eigenvalue weighted by molar-refractivity contribution is 7.47. The summed E-state index contributed by atoms with van der Waals surface area (Å²) < 4.78 is 68.8. The summed E-state index contributed by atoms with van der Waals surface area (Å²) in [5.74, 6) is -1.23. The fraction of sp³-hybridized carbons (Fsp3) is 0.953. The standard InChI is InChI=1S/C85H166O17P2/c1-6-10-13-16-19-22-25-27-28-29-30-34-37-40-45-49-54-59-64-69-83(88)96-75-81(102-85(90)71-66-61-56-51-46-41-38-35-32-31-33-36-39-43-47-52-57-62-67-78(5)9-4)77-100-104(93,94)98-73-79(86)72-97-103(91,92)99-76-80(74-95-82(87)68-63-58-53-48-42-24-21-18-15-12-8-3)101-84(89)70-65-60-55-50-44-26-23-20-17-14-11-7-2/h78-81,86H,6-77H2,1-5H3,(H,91,92)(H,93,94)/t78?,79-,80+,81+/m0/s1. The van der Waals surface area contributed by atoms with Crippen LogP contribution in [-0.4, -0.2) is 96.7 Å². The molecular formula is C85H166O17P2. The Kier molecular flexibility index (Phi) is 76.3. The number of carbonyl (C=O) groups excluding carboxylic acids is 4. The van der Waals surface area contributed by atoms with E-state index >= 15 is 0 Å². The molecule has 17 nitrogen and oxygen atoms in total. The topological polar surface area (TPSA) is 237 Å². The van der Waals surface area contributed by atoms with Gasteiger partial charge in [-0.3, -0.25) is 37.3 Å². The molecule has 0 aliphatic rings. The molecule has 0 aromatic rings. The maximum atomic E-state index is 13.1. The van der Waals surface area contributed by atoms with Crippen LogP contribution in [0.4, 0.5) is 0 Å². The number of rotatable bonds is 85. The van der Waals surface area contributed by atoms with Gasteiger partial charge >= 0.3 is 39.5 Å². The van der Waals surface area contributed by atoms with Gasteiger partial charge in [0.1, 0.15) is 19.3 Å². The van der Waals surface area contributed by atoms with Gasteiger partial charge in [-0.05, 0) is 31.6 Å². The van der Waals surface area contributed by atoms with Crippen molar-refractivity contribution < 1.29 is 80.2 Å². The number of ether oxygens (including phenoxy) is 4. The van der Waals surface area contributed by atoms with Crippen molar-refractivity contribution in [1.29, 1.82) is 0 Å². The molecule has 0 aromatic heterocycles. The normalized spacial score (nSPS) is 14.0. The highest BCUT2D eigenvalue weighted by Crippen LogP contribution is 2.45. The highest BCUT2D eigenvalue weighted by Gasteiger charge is 2.30. The van der Waals surface area contributed by atoms with Crippen molar-refractivity contribution in [3.05, 3.63) is 0 Å². The maximum Gasteiger partial charge on any atom is 0.472 e. The number of aliphatic hydroxyl groups excluding tert-OH is 1. The van der Waals surface area contributed by atoms with Crippen molar-refractivity contribution in [3.63, 3.8) is 0 Å². The molecule has 0 amide bonds. The lowest BCUT2D eigenvalue weighted by atomic mass is 9.99. The van der Waals surface area contributed by atoms with Crippen LogP contribution in [0.2, 0.25) is 0 Å². The molecule has 0 fully saturated rings. The first-order valence-electron chi connectivity index (χ1n) is 44.2. The Bertz CT molecular complexity index is 1980. The van der Waals surface area contributed by atoms with Crippen LogP contribution >= 0.6 is 15.6 Å². The van der Waals surface area contributed by atoms with Crippen molar-refractivity contribution in [2.45, 2.75) is 477 Å². The zero-order valence-corrected chi connectivity index (χ0v) is 70.0. The van der Waals surface area contributed by atoms with Gasteiger partial charge in [-0.25, -0.2) is 9.13 Å². The molecule has 3 unspecified atom stereocenters. The Balaban J connectivity index is 5.21. The van der Waals surface area contributed by atoms with E-state index in [0.29, 0.717) is 25.7 Å². The number of carbonyl (C=O) groups is 4. The van der Waals surface area contributed by atoms with Crippen molar-refractivity contribution >= 4 is 39.5 Å². The first-order valence-corrected chi connectivity index (χ1v) is 47.2. The number of unbranched alkanes of at least 4 members (excludes halogenated alkanes) is 56. The minimum atomic E-state index is -4.96. The van der Waals surface area contributed by atoms with Gasteiger partial charge in [0, 0.05) is 25.7 Å². The Labute approximate surface area is 638 Å². The first-order chi connectivity index (χ1) is 50.6. The summed E-state index contributed by atoms with van der Waals surface area (Å²) in [6, 6.07) is 0. The maximum absolute atomic E-state index is 13.1. The van der Waals surface area contributed by atoms with E-state index in [0.717, 1.165) is 95.8 Å². The van der Waals surface area contributed by atoms with Gasteiger partial charge in [0.2, 0.25) is 0 Å². The Morgan fingerprint density at radius 2 is 0.462 bits per heavy atom. The zero-order chi connectivity index (χ0) is 76.2. The number of hydrogen-bond donors (Lipinski definition) is 3. The molecule has 0 aromatic carbocycles. The second-order valence-corrected chi connectivity index (χ2v) is 33.7. The van der Waals surface area contributed by atoms with Crippen LogP contribution in [0, 0.1) is 5.92 Å². The number of hydrogen-bond acceptors (Lipinski definition) is 15. The van der Waals surface area contributed by atoms with Gasteiger partial charge in [-0.2, -0.15) is 0 Å². The third kappa shape index (κ3) is 76.8. The van der Waals surface area contributed by atoms with Crippen LogP contribution < -0.4 is 0 Å². The van der Waals surface area contributed by atoms with E-state index in [1.165, 1.54) is 283 Å². The minimum Gasteiger partial charge on any atom is -0.462 e. The van der Waals surface area contributed by atoms with Crippen molar-refractivity contribution in [2.24, 2.45) is 5.92 Å². The molecule has 0 aliphatic carbocycles. The van der Waals surface area contributed by atoms with E-state index < -0.39 is 97.5 Å². The number of phosphoric acid groups is 2. The van der Waals surface area contributed by atoms with Gasteiger partial charge in [-0.15, -0.1) is 0 Å². The second-order valence-electron chi connectivity index (χ2n) is 30.8. The molecule has 0 saturated heterocycles. The molecule has 19 heteroatoms. The summed E-state index contributed by atoms with van der Waals surface area (Å²) in [6.45, 7) is 7.42. The van der Waals surface area contributed by atoms with Crippen LogP contribution in [0.1, 0.15) is 458 Å². The molecule has 618 valence electrons. The molecule has 0 rings (SSSR count). The SMILES string of the molecule is CCCCCCCCCCCCCCCCCCCCCC(=O)OC[C@H](COP(=O)(O)OC[C@@H](O)COP(=O)(O)OC[C@@H](COC(=O)CCCCCCCCCCCCC)OC(=O)CCCCCCCCCCCCCC)OC(=O)CCCCCCCCCCCCCCCCCCCCC(C)CC. The van der Waals surface area contributed by atoms with E-state index in [9.17, 15) is 43.2 Å². The highest BCUT2D eigenvalue weighted by atomic mass is 31.2. The lowest BCUT2D eigenvalue weighted by Gasteiger charge is -2.21. The van der Waals surface area contributed by atoms with Crippen molar-refractivity contribution in [3.8, 4) is 0 Å². The van der Waals surface area contributed by atoms with Crippen LogP contribution in [0.3, 0.4) is 0 Å². The number of esters is 4. The lowest BCUT2D eigenvalue weighted by Crippen LogP contribution is -2.30. The summed E-state index contributed by atoms with van der Waals surface area (Å²) in [6.07, 6.45) is 70.7. The Hall–Kier alpha value is -1.94. The Morgan fingerprint density at radius 1 is 0.269 bits per heavy atom. The van der Waals surface area contributed by atoms with Crippen molar-refractivity contribution in [1.82, 2.24) is 0 Å². The van der Waals surface area contributed by atoms with Gasteiger partial charge in [0.25, 0.3) is 0 Å². The largest absolute Gasteiger partial charge is 0.472 e. The van der Waals surface area contributed by atoms with E-state index in [-0.39, 0.29) is 25.7 Å². The van der Waals surface area contributed by atoms with Gasteiger partial charge in [0.15, 0.2) is 12.2 Å². The molecule has 0 spiro atoms. The van der Waals surface area contributed by atoms with Crippen molar-refractivity contribution in [2.75, 3.05) is 39.6 Å². The molecule has 0 saturated carbocycles. The van der Waals surface area contributed by atoms with E-state index in [1.807, 2.05) is 0 Å². The fourth-order valence-electron chi connectivity index (χ4n) is 13.3. The molecule has 0 heterocycles. The van der Waals surface area contributed by atoms with Crippen LogP contribution in [0.25, 0.3) is 0 Å². The zero-order valence-electron chi connectivity index (χ0n) is 68.2. The van der Waals surface area contributed by atoms with Gasteiger partial charge in [-0.1, -0.05) is 407 Å². The predicted octanol–water partition coefficient (Wildman–Crippen LogP) is 26.0. The fourth-order valence-corrected chi connectivity index (χ4v) is 14.8. The van der Waals surface area contributed by atoms with Crippen LogP contribution in [0.5, 0.6) is 0 Å².